The lowest BCUT2D eigenvalue weighted by atomic mass is 10.3. The van der Waals surface area contributed by atoms with Gasteiger partial charge in [0, 0.05) is 32.1 Å². The van der Waals surface area contributed by atoms with Crippen LogP contribution in [0.15, 0.2) is 26.9 Å². The summed E-state index contributed by atoms with van der Waals surface area (Å²) < 4.78 is 68.9. The molecule has 0 saturated carbocycles. The molecule has 1 fully saturated rings. The zero-order valence-electron chi connectivity index (χ0n) is 14.0. The molecule has 7 nitrogen and oxygen atoms in total. The van der Waals surface area contributed by atoms with Gasteiger partial charge in [-0.05, 0) is 25.0 Å². The number of likely N-dealkylation sites (tertiary alicyclic amines) is 1. The average molecular weight is 423 g/mol. The first kappa shape index (κ1) is 19.8. The monoisotopic (exact) mass is 423 g/mol. The average Bonchev–Trinajstić information content (AvgIpc) is 3.31. The Labute approximate surface area is 157 Å². The largest absolute Gasteiger partial charge is 0.452 e. The third kappa shape index (κ3) is 4.68. The maximum Gasteiger partial charge on any atom is 0.452 e. The fourth-order valence-corrected chi connectivity index (χ4v) is 4.99. The fraction of sp³-hybridized carbons (Fsp3) is 0.467. The van der Waals surface area contributed by atoms with Crippen molar-refractivity contribution in [3.05, 3.63) is 24.0 Å². The van der Waals surface area contributed by atoms with Crippen LogP contribution in [0.25, 0.3) is 10.6 Å². The van der Waals surface area contributed by atoms with Crippen LogP contribution in [-0.2, 0) is 21.0 Å². The predicted octanol–water partition coefficient (Wildman–Crippen LogP) is 2.71. The fourth-order valence-electron chi connectivity index (χ4n) is 2.62. The standard InChI is InChI=1S/C15H16F3N3O4S2/c16-15(17,18)12-9-10(20-25-12)11-4-5-14(26-11)27(23,24)19-6-2-8-21-7-1-3-13(21)22/h4-5,9,19H,1-3,6-8H2. The molecule has 1 amide bonds. The molecule has 12 heteroatoms. The summed E-state index contributed by atoms with van der Waals surface area (Å²) in [6.07, 6.45) is -2.83. The minimum Gasteiger partial charge on any atom is -0.351 e. The van der Waals surface area contributed by atoms with Crippen molar-refractivity contribution in [2.24, 2.45) is 0 Å². The number of carbonyl (C=O) groups excluding carboxylic acids is 1. The van der Waals surface area contributed by atoms with E-state index in [1.807, 2.05) is 0 Å². The third-order valence-electron chi connectivity index (χ3n) is 3.96. The molecule has 0 radical (unpaired) electrons. The summed E-state index contributed by atoms with van der Waals surface area (Å²) in [5.74, 6) is -1.17. The van der Waals surface area contributed by atoms with E-state index in [0.29, 0.717) is 25.9 Å². The number of nitrogens with one attached hydrogen (secondary N) is 1. The Morgan fingerprint density at radius 3 is 2.74 bits per heavy atom. The molecule has 148 valence electrons. The van der Waals surface area contributed by atoms with Crippen LogP contribution in [0.3, 0.4) is 0 Å². The summed E-state index contributed by atoms with van der Waals surface area (Å²) in [6, 6.07) is 3.40. The van der Waals surface area contributed by atoms with Crippen LogP contribution in [0.2, 0.25) is 0 Å². The molecule has 0 unspecified atom stereocenters. The van der Waals surface area contributed by atoms with Crippen molar-refractivity contribution in [2.75, 3.05) is 19.6 Å². The number of nitrogens with zero attached hydrogens (tertiary/aromatic N) is 2. The lowest BCUT2D eigenvalue weighted by molar-refractivity contribution is -0.155. The number of hydrogen-bond donors (Lipinski definition) is 1. The Morgan fingerprint density at radius 1 is 1.33 bits per heavy atom. The van der Waals surface area contributed by atoms with Crippen molar-refractivity contribution in [1.82, 2.24) is 14.8 Å². The van der Waals surface area contributed by atoms with Gasteiger partial charge in [-0.1, -0.05) is 5.16 Å². The Morgan fingerprint density at radius 2 is 2.11 bits per heavy atom. The molecule has 1 aliphatic rings. The smallest absolute Gasteiger partial charge is 0.351 e. The number of halogens is 3. The van der Waals surface area contributed by atoms with Crippen LogP contribution in [0, 0.1) is 0 Å². The highest BCUT2D eigenvalue weighted by atomic mass is 32.2. The van der Waals surface area contributed by atoms with Crippen LogP contribution in [0.5, 0.6) is 0 Å². The van der Waals surface area contributed by atoms with Gasteiger partial charge in [0.05, 0.1) is 4.88 Å². The van der Waals surface area contributed by atoms with Gasteiger partial charge < -0.3 is 9.42 Å². The molecule has 1 N–H and O–H groups in total. The minimum absolute atomic E-state index is 0.0358. The highest BCUT2D eigenvalue weighted by molar-refractivity contribution is 7.91. The number of aromatic nitrogens is 1. The van der Waals surface area contributed by atoms with Crippen molar-refractivity contribution in [3.63, 3.8) is 0 Å². The van der Waals surface area contributed by atoms with Crippen LogP contribution in [-0.4, -0.2) is 44.0 Å². The molecule has 27 heavy (non-hydrogen) atoms. The second-order valence-electron chi connectivity index (χ2n) is 5.93. The van der Waals surface area contributed by atoms with Gasteiger partial charge >= 0.3 is 6.18 Å². The summed E-state index contributed by atoms with van der Waals surface area (Å²) >= 11 is 0.796. The number of sulfonamides is 1. The van der Waals surface area contributed by atoms with Crippen LogP contribution < -0.4 is 4.72 Å². The van der Waals surface area contributed by atoms with Crippen LogP contribution in [0.1, 0.15) is 25.0 Å². The van der Waals surface area contributed by atoms with E-state index in [1.165, 1.54) is 12.1 Å². The number of carbonyl (C=O) groups is 1. The lowest BCUT2D eigenvalue weighted by Gasteiger charge is -2.15. The highest BCUT2D eigenvalue weighted by Crippen LogP contribution is 2.35. The first-order valence-electron chi connectivity index (χ1n) is 8.08. The van der Waals surface area contributed by atoms with Gasteiger partial charge in [-0.15, -0.1) is 11.3 Å². The third-order valence-corrected chi connectivity index (χ3v) is 7.02. The van der Waals surface area contributed by atoms with E-state index in [0.717, 1.165) is 23.8 Å². The predicted molar refractivity (Wildman–Crippen MR) is 90.4 cm³/mol. The van der Waals surface area contributed by atoms with E-state index >= 15 is 0 Å². The zero-order valence-corrected chi connectivity index (χ0v) is 15.6. The number of thiophene rings is 1. The quantitative estimate of drug-likeness (QED) is 0.692. The van der Waals surface area contributed by atoms with Crippen molar-refractivity contribution in [1.29, 1.82) is 0 Å². The Bertz CT molecular complexity index is 921. The molecule has 1 saturated heterocycles. The van der Waals surface area contributed by atoms with Gasteiger partial charge in [0.15, 0.2) is 0 Å². The maximum atomic E-state index is 12.6. The summed E-state index contributed by atoms with van der Waals surface area (Å²) in [6.45, 7) is 1.33. The van der Waals surface area contributed by atoms with E-state index in [2.05, 4.69) is 14.4 Å². The molecular formula is C15H16F3N3O4S2. The van der Waals surface area contributed by atoms with E-state index in [1.54, 1.807) is 4.90 Å². The number of amides is 1. The highest BCUT2D eigenvalue weighted by Gasteiger charge is 2.36. The molecule has 2 aromatic heterocycles. The number of rotatable bonds is 7. The second kappa shape index (κ2) is 7.60. The van der Waals surface area contributed by atoms with E-state index in [9.17, 15) is 26.4 Å². The van der Waals surface area contributed by atoms with Crippen molar-refractivity contribution >= 4 is 27.3 Å². The molecule has 3 rings (SSSR count). The molecule has 0 bridgehead atoms. The van der Waals surface area contributed by atoms with Gasteiger partial charge in [-0.2, -0.15) is 13.2 Å². The minimum atomic E-state index is -4.66. The van der Waals surface area contributed by atoms with Crippen molar-refractivity contribution in [3.8, 4) is 10.6 Å². The van der Waals surface area contributed by atoms with Gasteiger partial charge in [0.25, 0.3) is 0 Å². The molecule has 2 aromatic rings. The Hall–Kier alpha value is -1.92. The first-order valence-corrected chi connectivity index (χ1v) is 10.4. The molecule has 0 spiro atoms. The summed E-state index contributed by atoms with van der Waals surface area (Å²) in [5, 5.41) is 3.34. The summed E-state index contributed by atoms with van der Waals surface area (Å²) in [7, 11) is -3.79. The van der Waals surface area contributed by atoms with E-state index in [-0.39, 0.29) is 27.2 Å². The molecule has 0 aliphatic carbocycles. The Kier molecular flexibility index (Phi) is 5.58. The summed E-state index contributed by atoms with van der Waals surface area (Å²) in [4.78, 5) is 13.4. The van der Waals surface area contributed by atoms with Crippen LogP contribution in [0.4, 0.5) is 13.2 Å². The van der Waals surface area contributed by atoms with Gasteiger partial charge in [-0.3, -0.25) is 4.79 Å². The maximum absolute atomic E-state index is 12.6. The summed E-state index contributed by atoms with van der Waals surface area (Å²) in [5.41, 5.74) is -0.0821. The molecule has 0 atom stereocenters. The topological polar surface area (TPSA) is 92.5 Å². The van der Waals surface area contributed by atoms with Gasteiger partial charge in [-0.25, -0.2) is 13.1 Å². The normalized spacial score (nSPS) is 15.7. The number of alkyl halides is 3. The van der Waals surface area contributed by atoms with E-state index < -0.39 is 22.0 Å². The number of hydrogen-bond acceptors (Lipinski definition) is 6. The Balaban J connectivity index is 1.59. The van der Waals surface area contributed by atoms with Gasteiger partial charge in [0.1, 0.15) is 9.90 Å². The SMILES string of the molecule is O=C1CCCN1CCCNS(=O)(=O)c1ccc(-c2cc(C(F)(F)F)on2)s1. The van der Waals surface area contributed by atoms with Crippen molar-refractivity contribution in [2.45, 2.75) is 29.6 Å². The van der Waals surface area contributed by atoms with E-state index in [4.69, 9.17) is 0 Å². The molecule has 3 heterocycles. The second-order valence-corrected chi connectivity index (χ2v) is 9.01. The van der Waals surface area contributed by atoms with Gasteiger partial charge in [0.2, 0.25) is 21.7 Å². The zero-order chi connectivity index (χ0) is 19.7. The van der Waals surface area contributed by atoms with Crippen LogP contribution >= 0.6 is 11.3 Å². The molecular weight excluding hydrogens is 407 g/mol. The molecule has 0 aromatic carbocycles. The molecule has 1 aliphatic heterocycles. The van der Waals surface area contributed by atoms with Crippen molar-refractivity contribution < 1.29 is 30.9 Å². The first-order chi connectivity index (χ1) is 12.7. The lowest BCUT2D eigenvalue weighted by Crippen LogP contribution is -2.30.